The molecule has 2 N–H and O–H groups in total. The maximum Gasteiger partial charge on any atom is 0.309 e. The van der Waals surface area contributed by atoms with Crippen LogP contribution in [-0.2, 0) is 24.8 Å². The number of anilines is 1. The van der Waals surface area contributed by atoms with Crippen LogP contribution < -0.4 is 10.1 Å². The monoisotopic (exact) mass is 527 g/mol. The molecule has 37 heavy (non-hydrogen) atoms. The smallest absolute Gasteiger partial charge is 0.309 e. The molecule has 198 valence electrons. The molecule has 1 saturated carbocycles. The van der Waals surface area contributed by atoms with E-state index in [4.69, 9.17) is 21.3 Å². The van der Waals surface area contributed by atoms with Gasteiger partial charge in [-0.15, -0.1) is 15.3 Å². The van der Waals surface area contributed by atoms with Crippen molar-refractivity contribution in [1.29, 1.82) is 0 Å². The summed E-state index contributed by atoms with van der Waals surface area (Å²) in [4.78, 5) is 16.4. The number of unbranched alkanes of at least 4 members (excludes halogenated alkanes) is 1. The molecule has 0 spiro atoms. The zero-order valence-electron chi connectivity index (χ0n) is 21.8. The van der Waals surface area contributed by atoms with E-state index >= 15 is 0 Å². The Kier molecular flexibility index (Phi) is 8.26. The minimum atomic E-state index is -0.767. The van der Waals surface area contributed by atoms with Crippen LogP contribution in [0.1, 0.15) is 69.3 Å². The van der Waals surface area contributed by atoms with Crippen molar-refractivity contribution in [3.05, 3.63) is 40.3 Å². The Morgan fingerprint density at radius 1 is 1.32 bits per heavy atom. The van der Waals surface area contributed by atoms with Crippen molar-refractivity contribution >= 4 is 23.4 Å². The van der Waals surface area contributed by atoms with Gasteiger partial charge in [-0.1, -0.05) is 30.2 Å². The lowest BCUT2D eigenvalue weighted by atomic mass is 9.74. The number of aryl methyl sites for hydroxylation is 3. The number of carbonyl (C=O) groups is 1. The molecule has 3 aromatic heterocycles. The lowest BCUT2D eigenvalue weighted by Gasteiger charge is -2.34. The van der Waals surface area contributed by atoms with E-state index in [9.17, 15) is 9.90 Å². The third kappa shape index (κ3) is 6.18. The number of hydrogen-bond acceptors (Lipinski definition) is 8. The minimum Gasteiger partial charge on any atom is -0.488 e. The van der Waals surface area contributed by atoms with Crippen molar-refractivity contribution in [3.63, 3.8) is 0 Å². The van der Waals surface area contributed by atoms with Crippen LogP contribution in [0.3, 0.4) is 0 Å². The van der Waals surface area contributed by atoms with E-state index in [1.54, 1.807) is 11.6 Å². The van der Waals surface area contributed by atoms with E-state index in [0.29, 0.717) is 53.2 Å². The predicted octanol–water partition coefficient (Wildman–Crippen LogP) is 5.00. The van der Waals surface area contributed by atoms with E-state index in [1.807, 2.05) is 32.2 Å². The Morgan fingerprint density at radius 3 is 2.86 bits per heavy atom. The number of halogens is 1. The number of nitrogens with one attached hydrogen (secondary N) is 1. The minimum absolute atomic E-state index is 0.153. The van der Waals surface area contributed by atoms with E-state index in [1.165, 1.54) is 0 Å². The van der Waals surface area contributed by atoms with E-state index in [-0.39, 0.29) is 6.10 Å². The summed E-state index contributed by atoms with van der Waals surface area (Å²) in [6, 6.07) is 5.67. The second-order valence-electron chi connectivity index (χ2n) is 9.99. The highest BCUT2D eigenvalue weighted by Gasteiger charge is 2.39. The van der Waals surface area contributed by atoms with Gasteiger partial charge >= 0.3 is 5.97 Å². The maximum atomic E-state index is 11.7. The van der Waals surface area contributed by atoms with Gasteiger partial charge in [0.05, 0.1) is 35.1 Å². The highest BCUT2D eigenvalue weighted by atomic mass is 35.5. The summed E-state index contributed by atoms with van der Waals surface area (Å²) in [5.74, 6) is 0.524. The van der Waals surface area contributed by atoms with E-state index in [0.717, 1.165) is 43.4 Å². The number of carboxylic acids is 1. The average molecular weight is 528 g/mol. The molecule has 1 fully saturated rings. The molecule has 0 aliphatic heterocycles. The quantitative estimate of drug-likeness (QED) is 0.374. The highest BCUT2D eigenvalue weighted by Crippen LogP contribution is 2.38. The number of ether oxygens (including phenoxy) is 1. The molecule has 4 rings (SSSR count). The van der Waals surface area contributed by atoms with Gasteiger partial charge < -0.3 is 15.2 Å². The van der Waals surface area contributed by atoms with Gasteiger partial charge in [0, 0.05) is 13.5 Å². The van der Waals surface area contributed by atoms with Gasteiger partial charge in [0.2, 0.25) is 0 Å². The van der Waals surface area contributed by atoms with Gasteiger partial charge in [0.25, 0.3) is 0 Å². The van der Waals surface area contributed by atoms with Crippen LogP contribution in [0.5, 0.6) is 5.75 Å². The van der Waals surface area contributed by atoms with Gasteiger partial charge in [0.15, 0.2) is 5.15 Å². The second kappa shape index (κ2) is 11.4. The SMILES string of the molecule is CCCCc1cc(NCc2c(-c3ccc(O[C@H]4CCC[C@](C)(C(=O)O)C4)c(C)n3)nnn2C)nnc1Cl. The Labute approximate surface area is 221 Å². The first-order chi connectivity index (χ1) is 17.7. The van der Waals surface area contributed by atoms with Crippen LogP contribution in [0.25, 0.3) is 11.4 Å². The standard InChI is InChI=1S/C26H34ClN7O3/c1-5-6-8-17-13-22(30-32-24(17)27)28-15-20-23(31-33-34(20)4)19-10-11-21(16(2)29-19)37-18-9-7-12-26(3,14-18)25(35)36/h10-11,13,18H,5-9,12,14-15H2,1-4H3,(H,28,30)(H,35,36)/t18-,26-/m0/s1. The van der Waals surface area contributed by atoms with Crippen LogP contribution in [-0.4, -0.2) is 47.4 Å². The first-order valence-corrected chi connectivity index (χ1v) is 13.1. The van der Waals surface area contributed by atoms with E-state index < -0.39 is 11.4 Å². The molecular formula is C26H34ClN7O3. The Bertz CT molecular complexity index is 1260. The lowest BCUT2D eigenvalue weighted by Crippen LogP contribution is -2.38. The molecule has 2 atom stereocenters. The van der Waals surface area contributed by atoms with Crippen molar-refractivity contribution in [1.82, 2.24) is 30.2 Å². The molecule has 11 heteroatoms. The predicted molar refractivity (Wildman–Crippen MR) is 141 cm³/mol. The number of carboxylic acid groups (broad SMARTS) is 1. The number of hydrogen-bond donors (Lipinski definition) is 2. The zero-order valence-corrected chi connectivity index (χ0v) is 22.5. The van der Waals surface area contributed by atoms with Crippen molar-refractivity contribution in [2.75, 3.05) is 5.32 Å². The van der Waals surface area contributed by atoms with Gasteiger partial charge in [-0.25, -0.2) is 9.67 Å². The van der Waals surface area contributed by atoms with Crippen molar-refractivity contribution in [2.24, 2.45) is 12.5 Å². The number of aromatic nitrogens is 6. The van der Waals surface area contributed by atoms with Crippen molar-refractivity contribution in [2.45, 2.75) is 78.4 Å². The fraction of sp³-hybridized carbons (Fsp3) is 0.538. The summed E-state index contributed by atoms with van der Waals surface area (Å²) in [5, 5.41) is 30.1. The summed E-state index contributed by atoms with van der Waals surface area (Å²) in [6.45, 7) is 6.24. The molecule has 1 aliphatic rings. The van der Waals surface area contributed by atoms with Crippen LogP contribution >= 0.6 is 11.6 Å². The Morgan fingerprint density at radius 2 is 2.14 bits per heavy atom. The number of pyridine rings is 1. The molecular weight excluding hydrogens is 494 g/mol. The molecule has 0 unspecified atom stereocenters. The largest absolute Gasteiger partial charge is 0.488 e. The summed E-state index contributed by atoms with van der Waals surface area (Å²) in [6.07, 6.45) is 5.62. The van der Waals surface area contributed by atoms with Gasteiger partial charge in [0.1, 0.15) is 17.3 Å². The fourth-order valence-electron chi connectivity index (χ4n) is 4.70. The number of rotatable bonds is 10. The van der Waals surface area contributed by atoms with Crippen molar-refractivity contribution in [3.8, 4) is 17.1 Å². The summed E-state index contributed by atoms with van der Waals surface area (Å²) in [7, 11) is 1.83. The summed E-state index contributed by atoms with van der Waals surface area (Å²) < 4.78 is 7.91. The second-order valence-corrected chi connectivity index (χ2v) is 10.4. The number of aliphatic carboxylic acids is 1. The molecule has 3 aromatic rings. The van der Waals surface area contributed by atoms with Gasteiger partial charge in [-0.2, -0.15) is 0 Å². The highest BCUT2D eigenvalue weighted by molar-refractivity contribution is 6.30. The Balaban J connectivity index is 1.48. The summed E-state index contributed by atoms with van der Waals surface area (Å²) >= 11 is 6.21. The van der Waals surface area contributed by atoms with Gasteiger partial charge in [-0.05, 0) is 69.7 Å². The molecule has 1 aliphatic carbocycles. The van der Waals surface area contributed by atoms with Crippen molar-refractivity contribution < 1.29 is 14.6 Å². The Hall–Kier alpha value is -3.27. The number of nitrogens with zero attached hydrogens (tertiary/aromatic N) is 6. The molecule has 10 nitrogen and oxygen atoms in total. The zero-order chi connectivity index (χ0) is 26.6. The molecule has 0 radical (unpaired) electrons. The summed E-state index contributed by atoms with van der Waals surface area (Å²) in [5.41, 5.74) is 3.12. The molecule has 0 saturated heterocycles. The maximum absolute atomic E-state index is 11.7. The molecule has 3 heterocycles. The first kappa shape index (κ1) is 26.8. The van der Waals surface area contributed by atoms with Crippen LogP contribution in [0.2, 0.25) is 5.15 Å². The molecule has 0 bridgehead atoms. The van der Waals surface area contributed by atoms with Crippen LogP contribution in [0.15, 0.2) is 18.2 Å². The molecule has 0 aromatic carbocycles. The average Bonchev–Trinajstić information content (AvgIpc) is 3.24. The normalized spacial score (nSPS) is 19.5. The topological polar surface area (TPSA) is 128 Å². The first-order valence-electron chi connectivity index (χ1n) is 12.7. The van der Waals surface area contributed by atoms with Crippen LogP contribution in [0.4, 0.5) is 5.82 Å². The third-order valence-corrected chi connectivity index (χ3v) is 7.34. The van der Waals surface area contributed by atoms with E-state index in [2.05, 4.69) is 32.7 Å². The lowest BCUT2D eigenvalue weighted by molar-refractivity contribution is -0.151. The third-order valence-electron chi connectivity index (χ3n) is 7.02. The van der Waals surface area contributed by atoms with Gasteiger partial charge in [-0.3, -0.25) is 4.79 Å². The van der Waals surface area contributed by atoms with Crippen LogP contribution in [0, 0.1) is 12.3 Å². The fourth-order valence-corrected chi connectivity index (χ4v) is 4.89. The molecule has 0 amide bonds.